The van der Waals surface area contributed by atoms with Crippen LogP contribution < -0.4 is 5.32 Å². The first-order valence-electron chi connectivity index (χ1n) is 14.6. The average Bonchev–Trinajstić information content (AvgIpc) is 3.59. The topological polar surface area (TPSA) is 137 Å². The third kappa shape index (κ3) is 10.7. The zero-order valence-electron chi connectivity index (χ0n) is 26.4. The number of carbonyl (C=O) groups excluding carboxylic acids is 3. The highest BCUT2D eigenvalue weighted by Gasteiger charge is 2.28. The van der Waals surface area contributed by atoms with Crippen molar-refractivity contribution in [1.82, 2.24) is 19.8 Å². The maximum Gasteiger partial charge on any atom is 0.303 e. The molecular weight excluding hydrogens is 536 g/mol. The molecule has 0 bridgehead atoms. The number of fused-ring (bicyclic) bond motifs is 3. The van der Waals surface area contributed by atoms with Gasteiger partial charge in [-0.05, 0) is 71.0 Å². The molecule has 2 aromatic heterocycles. The van der Waals surface area contributed by atoms with Crippen molar-refractivity contribution in [2.24, 2.45) is 5.18 Å². The molecule has 1 atom stereocenters. The number of pyridine rings is 1. The van der Waals surface area contributed by atoms with Gasteiger partial charge < -0.3 is 19.8 Å². The molecule has 0 saturated carbocycles. The van der Waals surface area contributed by atoms with Gasteiger partial charge >= 0.3 is 5.91 Å². The maximum atomic E-state index is 10.7. The number of rotatable bonds is 5. The minimum Gasteiger partial charge on any atom is -0.373 e. The normalized spacial score (nSPS) is 17.6. The van der Waals surface area contributed by atoms with Crippen LogP contribution in [-0.4, -0.2) is 89.8 Å². The average molecular weight is 585 g/mol. The molecule has 1 aromatic carbocycles. The second-order valence-electron chi connectivity index (χ2n) is 10.1. The van der Waals surface area contributed by atoms with Crippen molar-refractivity contribution in [3.63, 3.8) is 0 Å². The maximum absolute atomic E-state index is 10.7. The number of likely N-dealkylation sites (tertiary alicyclic amines) is 1. The number of aromatic amines is 1. The Labute approximate surface area is 249 Å². The number of carbonyl (C=O) groups is 3. The number of hydrogen-bond donors (Lipinski definition) is 2. The van der Waals surface area contributed by atoms with Gasteiger partial charge in [0.15, 0.2) is 0 Å². The summed E-state index contributed by atoms with van der Waals surface area (Å²) in [6.07, 6.45) is 6.96. The van der Waals surface area contributed by atoms with Crippen molar-refractivity contribution in [2.75, 3.05) is 45.2 Å². The number of H-pyrrole nitrogens is 1. The van der Waals surface area contributed by atoms with Crippen LogP contribution in [0.25, 0.3) is 21.8 Å². The van der Waals surface area contributed by atoms with Crippen LogP contribution in [0.3, 0.4) is 0 Å². The van der Waals surface area contributed by atoms with Crippen LogP contribution in [0, 0.1) is 11.8 Å². The van der Waals surface area contributed by atoms with Gasteiger partial charge in [-0.15, -0.1) is 4.91 Å². The molecule has 2 aliphatic rings. The van der Waals surface area contributed by atoms with Crippen LogP contribution in [0.1, 0.15) is 59.9 Å². The Morgan fingerprint density at radius 3 is 2.48 bits per heavy atom. The highest BCUT2D eigenvalue weighted by atomic mass is 16.5. The minimum absolute atomic E-state index is 0.0821. The van der Waals surface area contributed by atoms with Crippen LogP contribution in [0.5, 0.6) is 0 Å². The van der Waals surface area contributed by atoms with Gasteiger partial charge in [-0.3, -0.25) is 24.4 Å². The van der Waals surface area contributed by atoms with Crippen molar-refractivity contribution >= 4 is 46.1 Å². The molecule has 2 saturated heterocycles. The van der Waals surface area contributed by atoms with E-state index in [2.05, 4.69) is 31.4 Å². The minimum atomic E-state index is -0.528. The van der Waals surface area contributed by atoms with Gasteiger partial charge in [0.2, 0.25) is 6.41 Å². The first-order valence-corrected chi connectivity index (χ1v) is 14.6. The molecule has 11 nitrogen and oxygen atoms in total. The molecule has 5 rings (SSSR count). The highest BCUT2D eigenvalue weighted by molar-refractivity contribution is 6.12. The largest absolute Gasteiger partial charge is 0.373 e. The number of hydrogen-bond acceptors (Lipinski definition) is 8. The Kier molecular flexibility index (Phi) is 16.3. The molecule has 0 aliphatic carbocycles. The zero-order chi connectivity index (χ0) is 31.7. The van der Waals surface area contributed by atoms with Crippen molar-refractivity contribution in [3.8, 4) is 0 Å². The first kappa shape index (κ1) is 36.5. The second kappa shape index (κ2) is 18.8. The van der Waals surface area contributed by atoms with E-state index in [4.69, 9.17) is 4.74 Å². The van der Waals surface area contributed by atoms with Crippen LogP contribution >= 0.6 is 0 Å². The van der Waals surface area contributed by atoms with Crippen molar-refractivity contribution < 1.29 is 19.1 Å². The number of aryl methyl sites for hydroxylation is 1. The summed E-state index contributed by atoms with van der Waals surface area (Å²) in [5.74, 6) is -0.528. The van der Waals surface area contributed by atoms with Crippen molar-refractivity contribution in [2.45, 2.75) is 73.0 Å². The summed E-state index contributed by atoms with van der Waals surface area (Å²) in [5.41, 5.74) is 3.74. The predicted molar refractivity (Wildman–Crippen MR) is 170 cm³/mol. The number of benzene rings is 1. The molecule has 2 amide bonds. The SMILES string of the molecule is CC.CC.CC1(C)CN(CC=O)CCO1.CN1CCCC1C(=O)N=O.Cc1cc(NC=O)c2[nH]c3cnccc3c2c1. The van der Waals surface area contributed by atoms with Gasteiger partial charge in [0.25, 0.3) is 0 Å². The van der Waals surface area contributed by atoms with E-state index in [1.165, 1.54) is 0 Å². The molecule has 2 aliphatic heterocycles. The molecule has 232 valence electrons. The van der Waals surface area contributed by atoms with E-state index in [1.807, 2.05) is 72.5 Å². The third-order valence-corrected chi connectivity index (χ3v) is 6.60. The third-order valence-electron chi connectivity index (χ3n) is 6.60. The number of ether oxygens (including phenoxy) is 1. The fraction of sp³-hybridized carbons (Fsp3) is 0.548. The fourth-order valence-electron chi connectivity index (χ4n) is 4.83. The number of likely N-dealkylation sites (N-methyl/N-ethyl adjacent to an activating group) is 1. The summed E-state index contributed by atoms with van der Waals surface area (Å²) in [6.45, 7) is 18.0. The summed E-state index contributed by atoms with van der Waals surface area (Å²) in [5, 5.41) is 7.33. The summed E-state index contributed by atoms with van der Waals surface area (Å²) >= 11 is 0. The number of aromatic nitrogens is 2. The fourth-order valence-corrected chi connectivity index (χ4v) is 4.83. The molecule has 0 spiro atoms. The number of amides is 2. The van der Waals surface area contributed by atoms with E-state index in [-0.39, 0.29) is 11.6 Å². The number of anilines is 1. The van der Waals surface area contributed by atoms with Gasteiger partial charge in [-0.2, -0.15) is 0 Å². The molecule has 42 heavy (non-hydrogen) atoms. The van der Waals surface area contributed by atoms with Crippen LogP contribution in [-0.2, 0) is 19.1 Å². The molecule has 2 fully saturated rings. The lowest BCUT2D eigenvalue weighted by atomic mass is 10.1. The van der Waals surface area contributed by atoms with Crippen LogP contribution in [0.15, 0.2) is 35.8 Å². The summed E-state index contributed by atoms with van der Waals surface area (Å²) < 4.78 is 5.48. The molecule has 3 aromatic rings. The number of nitrogens with zero attached hydrogens (tertiary/aromatic N) is 4. The van der Waals surface area contributed by atoms with E-state index in [1.54, 1.807) is 12.4 Å². The van der Waals surface area contributed by atoms with Crippen LogP contribution in [0.2, 0.25) is 0 Å². The molecule has 2 N–H and O–H groups in total. The highest BCUT2D eigenvalue weighted by Crippen LogP contribution is 2.30. The standard InChI is InChI=1S/C13H11N3O.C8H15NO2.C6H10N2O2.2C2H6/c1-8-4-10-9-2-3-14-6-12(9)16-13(10)11(5-8)15-7-17;1-8(2)7-9(3-5-10)4-6-11-8;1-8-4-2-3-5(8)6(9)7-10;2*1-2/h2-7,16H,1H3,(H,15,17);5H,3-4,6-7H2,1-2H3;5H,2-4H2,1H3;2*1-2H3. The van der Waals surface area contributed by atoms with Crippen LogP contribution in [0.4, 0.5) is 5.69 Å². The lowest BCUT2D eigenvalue weighted by molar-refractivity contribution is -0.121. The Hall–Kier alpha value is -3.54. The van der Waals surface area contributed by atoms with Gasteiger partial charge in [0.1, 0.15) is 6.29 Å². The number of nitrogens with one attached hydrogen (secondary N) is 2. The predicted octanol–water partition coefficient (Wildman–Crippen LogP) is 5.31. The van der Waals surface area contributed by atoms with Gasteiger partial charge in [-0.1, -0.05) is 27.7 Å². The van der Waals surface area contributed by atoms with E-state index in [9.17, 15) is 19.3 Å². The van der Waals surface area contributed by atoms with Gasteiger partial charge in [0.05, 0.1) is 47.7 Å². The quantitative estimate of drug-likeness (QED) is 0.304. The summed E-state index contributed by atoms with van der Waals surface area (Å²) in [6, 6.07) is 5.78. The molecule has 11 heteroatoms. The molecule has 4 heterocycles. The van der Waals surface area contributed by atoms with E-state index in [0.717, 1.165) is 78.4 Å². The van der Waals surface area contributed by atoms with Crippen molar-refractivity contribution in [3.05, 3.63) is 41.1 Å². The Bertz CT molecular complexity index is 1280. The Balaban J connectivity index is 0.000000310. The van der Waals surface area contributed by atoms with Crippen molar-refractivity contribution in [1.29, 1.82) is 0 Å². The smallest absolute Gasteiger partial charge is 0.303 e. The number of nitroso groups, excluding NO2 is 1. The van der Waals surface area contributed by atoms with Gasteiger partial charge in [-0.25, -0.2) is 0 Å². The monoisotopic (exact) mass is 584 g/mol. The zero-order valence-corrected chi connectivity index (χ0v) is 26.4. The molecular formula is C31H48N6O5. The summed E-state index contributed by atoms with van der Waals surface area (Å²) in [4.78, 5) is 52.7. The van der Waals surface area contributed by atoms with Gasteiger partial charge in [0, 0.05) is 35.2 Å². The number of aldehydes is 1. The second-order valence-corrected chi connectivity index (χ2v) is 10.1. The first-order chi connectivity index (χ1) is 20.2. The van der Waals surface area contributed by atoms with E-state index in [0.29, 0.717) is 13.0 Å². The summed E-state index contributed by atoms with van der Waals surface area (Å²) in [7, 11) is 1.83. The molecule has 0 radical (unpaired) electrons. The molecule has 1 unspecified atom stereocenters. The lowest BCUT2D eigenvalue weighted by Crippen LogP contribution is -2.48. The lowest BCUT2D eigenvalue weighted by Gasteiger charge is -2.37. The number of morpholine rings is 1. The Morgan fingerprint density at radius 1 is 1.19 bits per heavy atom. The van der Waals surface area contributed by atoms with E-state index >= 15 is 0 Å². The van der Waals surface area contributed by atoms with E-state index < -0.39 is 5.91 Å². The Morgan fingerprint density at radius 2 is 1.90 bits per heavy atom.